The molecule has 8 heteroatoms. The largest absolute Gasteiger partial charge is 0.486 e. The van der Waals surface area contributed by atoms with E-state index in [0.717, 1.165) is 5.56 Å². The number of nitro groups is 1. The molecule has 0 aliphatic carbocycles. The van der Waals surface area contributed by atoms with E-state index in [-0.39, 0.29) is 30.2 Å². The smallest absolute Gasteiger partial charge is 0.272 e. The van der Waals surface area contributed by atoms with Gasteiger partial charge in [0.25, 0.3) is 11.6 Å². The van der Waals surface area contributed by atoms with Crippen molar-refractivity contribution in [2.75, 3.05) is 19.8 Å². The molecule has 1 aliphatic heterocycles. The number of rotatable bonds is 7. The number of hydrogen-bond donors (Lipinski definition) is 1. The van der Waals surface area contributed by atoms with Crippen LogP contribution in [-0.4, -0.2) is 30.7 Å². The summed E-state index contributed by atoms with van der Waals surface area (Å²) in [5.74, 6) is 1.64. The van der Waals surface area contributed by atoms with Gasteiger partial charge in [-0.2, -0.15) is 0 Å². The first-order chi connectivity index (χ1) is 13.8. The van der Waals surface area contributed by atoms with Crippen LogP contribution >= 0.6 is 0 Å². The number of nitro benzene ring substituents is 1. The second kappa shape index (κ2) is 8.81. The fourth-order valence-electron chi connectivity index (χ4n) is 3.17. The summed E-state index contributed by atoms with van der Waals surface area (Å²) in [5.41, 5.74) is 1.41. The fourth-order valence-corrected chi connectivity index (χ4v) is 3.17. The van der Waals surface area contributed by atoms with E-state index in [1.54, 1.807) is 13.0 Å². The zero-order valence-electron chi connectivity index (χ0n) is 16.6. The Balaban J connectivity index is 1.64. The van der Waals surface area contributed by atoms with Gasteiger partial charge in [0.05, 0.1) is 11.0 Å². The summed E-state index contributed by atoms with van der Waals surface area (Å²) in [6.07, 6.45) is 0. The Bertz CT molecular complexity index is 912. The van der Waals surface area contributed by atoms with Crippen molar-refractivity contribution in [3.8, 4) is 17.2 Å². The number of nitrogens with one attached hydrogen (secondary N) is 1. The van der Waals surface area contributed by atoms with E-state index in [1.165, 1.54) is 12.1 Å². The van der Waals surface area contributed by atoms with E-state index >= 15 is 0 Å². The van der Waals surface area contributed by atoms with Crippen LogP contribution in [0, 0.1) is 23.0 Å². The minimum absolute atomic E-state index is 0.0141. The van der Waals surface area contributed by atoms with Crippen LogP contribution < -0.4 is 19.5 Å². The van der Waals surface area contributed by atoms with Gasteiger partial charge in [0, 0.05) is 11.6 Å². The second-order valence-corrected chi connectivity index (χ2v) is 7.19. The molecule has 0 fully saturated rings. The summed E-state index contributed by atoms with van der Waals surface area (Å²) in [6.45, 7) is 6.49. The first-order valence-corrected chi connectivity index (χ1v) is 9.42. The molecular formula is C21H24N2O6. The number of ether oxygens (including phenoxy) is 3. The molecule has 0 saturated heterocycles. The Kier molecular flexibility index (Phi) is 6.21. The zero-order chi connectivity index (χ0) is 21.0. The van der Waals surface area contributed by atoms with Crippen molar-refractivity contribution in [2.45, 2.75) is 26.8 Å². The summed E-state index contributed by atoms with van der Waals surface area (Å²) in [5, 5.41) is 13.9. The Morgan fingerprint density at radius 1 is 1.17 bits per heavy atom. The van der Waals surface area contributed by atoms with Crippen LogP contribution in [0.4, 0.5) is 5.69 Å². The van der Waals surface area contributed by atoms with Gasteiger partial charge in [-0.15, -0.1) is 0 Å². The minimum Gasteiger partial charge on any atom is -0.486 e. The van der Waals surface area contributed by atoms with Gasteiger partial charge in [-0.05, 0) is 42.7 Å². The fraction of sp³-hybridized carbons (Fsp3) is 0.381. The molecule has 8 nitrogen and oxygen atoms in total. The molecular weight excluding hydrogens is 376 g/mol. The molecule has 1 amide bonds. The van der Waals surface area contributed by atoms with E-state index < -0.39 is 4.92 Å². The molecule has 2 aromatic carbocycles. The average Bonchev–Trinajstić information content (AvgIpc) is 2.69. The maximum atomic E-state index is 12.5. The molecule has 1 N–H and O–H groups in total. The molecule has 1 aliphatic rings. The van der Waals surface area contributed by atoms with Crippen molar-refractivity contribution < 1.29 is 23.9 Å². The molecule has 154 valence electrons. The quantitative estimate of drug-likeness (QED) is 0.563. The molecule has 0 radical (unpaired) electrons. The third kappa shape index (κ3) is 4.96. The normalized spacial score (nSPS) is 13.7. The van der Waals surface area contributed by atoms with E-state index in [0.29, 0.717) is 36.0 Å². The van der Waals surface area contributed by atoms with E-state index in [1.807, 2.05) is 32.0 Å². The lowest BCUT2D eigenvalue weighted by Gasteiger charge is -2.25. The maximum absolute atomic E-state index is 12.5. The maximum Gasteiger partial charge on any atom is 0.272 e. The lowest BCUT2D eigenvalue weighted by molar-refractivity contribution is -0.385. The summed E-state index contributed by atoms with van der Waals surface area (Å²) in [4.78, 5) is 22.9. The molecule has 1 unspecified atom stereocenters. The highest BCUT2D eigenvalue weighted by molar-refractivity contribution is 5.78. The number of aryl methyl sites for hydroxylation is 1. The van der Waals surface area contributed by atoms with Gasteiger partial charge in [-0.3, -0.25) is 14.9 Å². The monoisotopic (exact) mass is 400 g/mol. The van der Waals surface area contributed by atoms with Crippen molar-refractivity contribution in [1.29, 1.82) is 0 Å². The van der Waals surface area contributed by atoms with Crippen molar-refractivity contribution >= 4 is 11.6 Å². The summed E-state index contributed by atoms with van der Waals surface area (Å²) >= 11 is 0. The molecule has 29 heavy (non-hydrogen) atoms. The van der Waals surface area contributed by atoms with Crippen molar-refractivity contribution in [3.05, 3.63) is 57.6 Å². The van der Waals surface area contributed by atoms with Gasteiger partial charge >= 0.3 is 0 Å². The van der Waals surface area contributed by atoms with Crippen LogP contribution in [0.2, 0.25) is 0 Å². The Hall–Kier alpha value is -3.29. The first-order valence-electron chi connectivity index (χ1n) is 9.42. The van der Waals surface area contributed by atoms with E-state index in [4.69, 9.17) is 14.2 Å². The first kappa shape index (κ1) is 20.4. The SMILES string of the molecule is Cc1cc(OCC(=O)NC(c2ccc3c(c2)OCCO3)C(C)C)ccc1[N+](=O)[O-]. The summed E-state index contributed by atoms with van der Waals surface area (Å²) in [7, 11) is 0. The number of hydrogen-bond acceptors (Lipinski definition) is 6. The number of carbonyl (C=O) groups excluding carboxylic acids is 1. The molecule has 0 spiro atoms. The Morgan fingerprint density at radius 3 is 2.55 bits per heavy atom. The molecule has 0 bridgehead atoms. The third-order valence-electron chi connectivity index (χ3n) is 4.64. The van der Waals surface area contributed by atoms with Crippen LogP contribution in [0.5, 0.6) is 17.2 Å². The topological polar surface area (TPSA) is 99.9 Å². The summed E-state index contributed by atoms with van der Waals surface area (Å²) < 4.78 is 16.7. The zero-order valence-corrected chi connectivity index (χ0v) is 16.6. The Morgan fingerprint density at radius 2 is 1.90 bits per heavy atom. The van der Waals surface area contributed by atoms with Crippen LogP contribution in [0.1, 0.15) is 31.0 Å². The van der Waals surface area contributed by atoms with Crippen LogP contribution in [0.3, 0.4) is 0 Å². The molecule has 3 rings (SSSR count). The second-order valence-electron chi connectivity index (χ2n) is 7.19. The molecule has 1 atom stereocenters. The summed E-state index contributed by atoms with van der Waals surface area (Å²) in [6, 6.07) is 9.83. The molecule has 0 aromatic heterocycles. The number of carbonyl (C=O) groups is 1. The van der Waals surface area contributed by atoms with Crippen LogP contribution in [-0.2, 0) is 4.79 Å². The lowest BCUT2D eigenvalue weighted by atomic mass is 9.95. The molecule has 1 heterocycles. The average molecular weight is 400 g/mol. The predicted molar refractivity (Wildman–Crippen MR) is 106 cm³/mol. The van der Waals surface area contributed by atoms with Gasteiger partial charge in [-0.1, -0.05) is 19.9 Å². The lowest BCUT2D eigenvalue weighted by Crippen LogP contribution is -2.35. The number of benzene rings is 2. The van der Waals surface area contributed by atoms with Crippen molar-refractivity contribution in [1.82, 2.24) is 5.32 Å². The van der Waals surface area contributed by atoms with Crippen molar-refractivity contribution in [3.63, 3.8) is 0 Å². The predicted octanol–water partition coefficient (Wildman–Crippen LogP) is 3.57. The number of fused-ring (bicyclic) bond motifs is 1. The van der Waals surface area contributed by atoms with Gasteiger partial charge in [0.2, 0.25) is 0 Å². The Labute approximate surface area is 168 Å². The highest BCUT2D eigenvalue weighted by Gasteiger charge is 2.22. The van der Waals surface area contributed by atoms with Crippen LogP contribution in [0.25, 0.3) is 0 Å². The van der Waals surface area contributed by atoms with Gasteiger partial charge in [-0.25, -0.2) is 0 Å². The van der Waals surface area contributed by atoms with Crippen LogP contribution in [0.15, 0.2) is 36.4 Å². The standard InChI is InChI=1S/C21H24N2O6/c1-13(2)21(15-4-7-18-19(11-15)28-9-8-27-18)22-20(24)12-29-16-5-6-17(23(25)26)14(3)10-16/h4-7,10-11,13,21H,8-9,12H2,1-3H3,(H,22,24). The minimum atomic E-state index is -0.452. The molecule has 0 saturated carbocycles. The third-order valence-corrected chi connectivity index (χ3v) is 4.64. The van der Waals surface area contributed by atoms with Crippen molar-refractivity contribution in [2.24, 2.45) is 5.92 Å². The molecule has 2 aromatic rings. The van der Waals surface area contributed by atoms with Gasteiger partial charge in [0.15, 0.2) is 18.1 Å². The van der Waals surface area contributed by atoms with E-state index in [9.17, 15) is 14.9 Å². The highest BCUT2D eigenvalue weighted by atomic mass is 16.6. The number of nitrogens with zero attached hydrogens (tertiary/aromatic N) is 1. The number of amides is 1. The highest BCUT2D eigenvalue weighted by Crippen LogP contribution is 2.34. The van der Waals surface area contributed by atoms with E-state index in [2.05, 4.69) is 5.32 Å². The van der Waals surface area contributed by atoms with Gasteiger partial charge < -0.3 is 19.5 Å². The van der Waals surface area contributed by atoms with Gasteiger partial charge in [0.1, 0.15) is 19.0 Å².